The molecule has 0 radical (unpaired) electrons. The predicted molar refractivity (Wildman–Crippen MR) is 132 cm³/mol. The molecule has 1 aromatic carbocycles. The fourth-order valence-corrected chi connectivity index (χ4v) is 5.08. The number of nitrogens with zero attached hydrogens (tertiary/aromatic N) is 4. The van der Waals surface area contributed by atoms with Gasteiger partial charge in [-0.25, -0.2) is 9.79 Å². The minimum Gasteiger partial charge on any atom is -0.464 e. The molecular formula is C25H27N5O4S. The van der Waals surface area contributed by atoms with E-state index in [0.29, 0.717) is 16.9 Å². The Labute approximate surface area is 208 Å². The number of cyclic esters (lactones) is 1. The van der Waals surface area contributed by atoms with Gasteiger partial charge in [-0.15, -0.1) is 11.3 Å². The van der Waals surface area contributed by atoms with Crippen molar-refractivity contribution in [3.63, 3.8) is 0 Å². The van der Waals surface area contributed by atoms with Crippen LogP contribution in [-0.2, 0) is 16.1 Å². The van der Waals surface area contributed by atoms with Gasteiger partial charge in [0, 0.05) is 38.5 Å². The van der Waals surface area contributed by atoms with Crippen molar-refractivity contribution in [2.24, 2.45) is 4.99 Å². The number of ether oxygens (including phenoxy) is 1. The van der Waals surface area contributed by atoms with E-state index in [4.69, 9.17) is 4.74 Å². The molecule has 1 atom stereocenters. The molecule has 0 saturated carbocycles. The Hall–Kier alpha value is -3.71. The number of piperidine rings is 1. The molecule has 0 spiro atoms. The van der Waals surface area contributed by atoms with E-state index in [1.54, 1.807) is 30.9 Å². The Balaban J connectivity index is 1.60. The molecule has 0 bridgehead atoms. The molecule has 2 saturated heterocycles. The number of esters is 1. The minimum atomic E-state index is -0.703. The summed E-state index contributed by atoms with van der Waals surface area (Å²) >= 11 is 1.14. The van der Waals surface area contributed by atoms with E-state index < -0.39 is 17.9 Å². The zero-order chi connectivity index (χ0) is 24.8. The van der Waals surface area contributed by atoms with Crippen molar-refractivity contribution < 1.29 is 19.1 Å². The van der Waals surface area contributed by atoms with Crippen LogP contribution in [-0.4, -0.2) is 66.7 Å². The lowest BCUT2D eigenvalue weighted by Crippen LogP contribution is -2.37. The van der Waals surface area contributed by atoms with Gasteiger partial charge in [-0.05, 0) is 30.9 Å². The Morgan fingerprint density at radius 1 is 1.31 bits per heavy atom. The van der Waals surface area contributed by atoms with Gasteiger partial charge in [0.25, 0.3) is 11.8 Å². The molecule has 182 valence electrons. The zero-order valence-corrected chi connectivity index (χ0v) is 20.3. The van der Waals surface area contributed by atoms with E-state index in [1.807, 2.05) is 12.1 Å². The maximum atomic E-state index is 13.4. The minimum absolute atomic E-state index is 0.241. The molecule has 1 unspecified atom stereocenters. The Kier molecular flexibility index (Phi) is 7.77. The lowest BCUT2D eigenvalue weighted by molar-refractivity contribution is -0.139. The first-order valence-electron chi connectivity index (χ1n) is 11.6. The maximum absolute atomic E-state index is 13.4. The summed E-state index contributed by atoms with van der Waals surface area (Å²) in [5.74, 6) is -1.22. The fourth-order valence-electron chi connectivity index (χ4n) is 4.10. The Morgan fingerprint density at radius 3 is 2.80 bits per heavy atom. The van der Waals surface area contributed by atoms with Crippen molar-refractivity contribution in [3.8, 4) is 6.07 Å². The van der Waals surface area contributed by atoms with Crippen molar-refractivity contribution in [3.05, 3.63) is 51.2 Å². The fraction of sp³-hybridized carbons (Fsp3) is 0.400. The largest absolute Gasteiger partial charge is 0.464 e. The summed E-state index contributed by atoms with van der Waals surface area (Å²) in [6.07, 6.45) is 5.42. The molecule has 1 aromatic heterocycles. The topological polar surface area (TPSA) is 115 Å². The average Bonchev–Trinajstić information content (AvgIpc) is 3.49. The number of rotatable bonds is 7. The lowest BCUT2D eigenvalue weighted by atomic mass is 10.1. The number of thiophene rings is 1. The highest BCUT2D eigenvalue weighted by Crippen LogP contribution is 2.33. The van der Waals surface area contributed by atoms with Crippen LogP contribution in [0, 0.1) is 11.3 Å². The molecule has 4 rings (SSSR count). The third kappa shape index (κ3) is 5.69. The van der Waals surface area contributed by atoms with Gasteiger partial charge in [-0.1, -0.05) is 18.2 Å². The normalized spacial score (nSPS) is 17.8. The molecule has 2 amide bonds. The summed E-state index contributed by atoms with van der Waals surface area (Å²) < 4.78 is 4.94. The second-order valence-corrected chi connectivity index (χ2v) is 9.46. The van der Waals surface area contributed by atoms with E-state index in [0.717, 1.165) is 42.8 Å². The van der Waals surface area contributed by atoms with Crippen molar-refractivity contribution in [2.45, 2.75) is 38.3 Å². The summed E-state index contributed by atoms with van der Waals surface area (Å²) in [6, 6.07) is 8.57. The molecule has 2 aromatic rings. The van der Waals surface area contributed by atoms with Gasteiger partial charge in [-0.2, -0.15) is 5.26 Å². The summed E-state index contributed by atoms with van der Waals surface area (Å²) in [5.41, 5.74) is 1.77. The van der Waals surface area contributed by atoms with Crippen molar-refractivity contribution in [1.82, 2.24) is 15.1 Å². The summed E-state index contributed by atoms with van der Waals surface area (Å²) in [5, 5.41) is 13.7. The second-order valence-electron chi connectivity index (χ2n) is 8.58. The van der Waals surface area contributed by atoms with Gasteiger partial charge >= 0.3 is 5.97 Å². The smallest absolute Gasteiger partial charge is 0.328 e. The number of benzene rings is 1. The van der Waals surface area contributed by atoms with Crippen molar-refractivity contribution in [2.75, 3.05) is 26.7 Å². The van der Waals surface area contributed by atoms with E-state index in [2.05, 4.69) is 21.3 Å². The number of hydrogen-bond donors (Lipinski definition) is 1. The highest BCUT2D eigenvalue weighted by Gasteiger charge is 2.31. The lowest BCUT2D eigenvalue weighted by Gasteiger charge is -2.24. The molecule has 1 N–H and O–H groups in total. The summed E-state index contributed by atoms with van der Waals surface area (Å²) in [4.78, 5) is 46.8. The molecule has 0 aliphatic carbocycles. The molecule has 3 heterocycles. The number of carbonyl (C=O) groups is 3. The van der Waals surface area contributed by atoms with Gasteiger partial charge in [-0.3, -0.25) is 9.59 Å². The molecule has 9 nitrogen and oxygen atoms in total. The number of nitrogens with one attached hydrogen (secondary N) is 1. The number of amides is 2. The van der Waals surface area contributed by atoms with Crippen LogP contribution in [0.2, 0.25) is 0 Å². The summed E-state index contributed by atoms with van der Waals surface area (Å²) in [7, 11) is 1.66. The third-order valence-electron chi connectivity index (χ3n) is 6.08. The predicted octanol–water partition coefficient (Wildman–Crippen LogP) is 3.08. The van der Waals surface area contributed by atoms with E-state index in [1.165, 1.54) is 11.3 Å². The Bertz CT molecular complexity index is 1180. The molecule has 2 aliphatic heterocycles. The Morgan fingerprint density at radius 2 is 2.09 bits per heavy atom. The molecule has 35 heavy (non-hydrogen) atoms. The first kappa shape index (κ1) is 24.4. The van der Waals surface area contributed by atoms with Crippen LogP contribution in [0.1, 0.15) is 56.8 Å². The first-order valence-corrected chi connectivity index (χ1v) is 12.5. The average molecular weight is 494 g/mol. The monoisotopic (exact) mass is 493 g/mol. The second kappa shape index (κ2) is 11.1. The number of aliphatic imine (C=N–C) groups is 1. The quantitative estimate of drug-likeness (QED) is 0.360. The summed E-state index contributed by atoms with van der Waals surface area (Å²) in [6.45, 7) is 2.26. The van der Waals surface area contributed by atoms with Crippen molar-refractivity contribution >= 4 is 41.1 Å². The first-order chi connectivity index (χ1) is 17.0. The molecule has 2 fully saturated rings. The SMILES string of the molecule is CN(Cc1ccccc1C#N)C(=O)c1scc(C(=O)NC2CCOC2=O)c1N=CN1CCCCC1. The van der Waals surface area contributed by atoms with Crippen LogP contribution in [0.5, 0.6) is 0 Å². The van der Waals surface area contributed by atoms with Gasteiger partial charge in [0.15, 0.2) is 0 Å². The molecule has 10 heteroatoms. The van der Waals surface area contributed by atoms with Gasteiger partial charge in [0.1, 0.15) is 16.6 Å². The van der Waals surface area contributed by atoms with Gasteiger partial charge < -0.3 is 19.9 Å². The van der Waals surface area contributed by atoms with Crippen LogP contribution < -0.4 is 5.32 Å². The number of carbonyl (C=O) groups excluding carboxylic acids is 3. The zero-order valence-electron chi connectivity index (χ0n) is 19.5. The van der Waals surface area contributed by atoms with Crippen LogP contribution in [0.4, 0.5) is 5.69 Å². The maximum Gasteiger partial charge on any atom is 0.328 e. The molecule has 2 aliphatic rings. The number of likely N-dealkylation sites (tertiary alicyclic amines) is 1. The number of nitriles is 1. The van der Waals surface area contributed by atoms with Crippen LogP contribution in [0.3, 0.4) is 0 Å². The van der Waals surface area contributed by atoms with Crippen LogP contribution in [0.25, 0.3) is 0 Å². The van der Waals surface area contributed by atoms with Gasteiger partial charge in [0.2, 0.25) is 0 Å². The molecular weight excluding hydrogens is 466 g/mol. The van der Waals surface area contributed by atoms with E-state index in [-0.39, 0.29) is 30.3 Å². The van der Waals surface area contributed by atoms with Crippen molar-refractivity contribution in [1.29, 1.82) is 5.26 Å². The number of hydrogen-bond acceptors (Lipinski definition) is 7. The van der Waals surface area contributed by atoms with E-state index >= 15 is 0 Å². The van der Waals surface area contributed by atoms with E-state index in [9.17, 15) is 19.6 Å². The van der Waals surface area contributed by atoms with Crippen LogP contribution in [0.15, 0.2) is 34.6 Å². The van der Waals surface area contributed by atoms with Crippen LogP contribution >= 0.6 is 11.3 Å². The highest BCUT2D eigenvalue weighted by molar-refractivity contribution is 7.13. The highest BCUT2D eigenvalue weighted by atomic mass is 32.1. The third-order valence-corrected chi connectivity index (χ3v) is 7.03. The standard InChI is InChI=1S/C25H27N5O4S/c1-29(14-18-8-4-3-7-17(18)13-26)24(32)22-21(27-16-30-10-5-2-6-11-30)19(15-35-22)23(31)28-20-9-12-34-25(20)33/h3-4,7-8,15-16,20H,2,5-6,9-12,14H2,1H3,(H,28,31). The van der Waals surface area contributed by atoms with Gasteiger partial charge in [0.05, 0.1) is 30.1 Å².